The van der Waals surface area contributed by atoms with Crippen LogP contribution in [0.1, 0.15) is 6.42 Å². The van der Waals surface area contributed by atoms with Crippen LogP contribution in [-0.4, -0.2) is 22.8 Å². The number of nitrogens with one attached hydrogen (secondary N) is 1. The van der Waals surface area contributed by atoms with Crippen molar-refractivity contribution < 1.29 is 19.1 Å². The summed E-state index contributed by atoms with van der Waals surface area (Å²) >= 11 is 3.64. The number of benzene rings is 2. The van der Waals surface area contributed by atoms with Crippen molar-refractivity contribution in [1.82, 2.24) is 0 Å². The van der Waals surface area contributed by atoms with Crippen molar-refractivity contribution in [3.05, 3.63) is 54.6 Å². The molecular formula is C21H18BrNO4. The molecule has 27 heavy (non-hydrogen) atoms. The molecule has 2 aromatic carbocycles. The zero-order valence-corrected chi connectivity index (χ0v) is 16.0. The SMILES string of the molecule is O=C(Nc1ccc(Oc2ccccc2)cc1)[C@@H]1[C@H]2C[C@H]3[C@H](OC(=O)[C@@H]31)[C@H]2Br. The summed E-state index contributed by atoms with van der Waals surface area (Å²) in [6.07, 6.45) is 0.810. The Morgan fingerprint density at radius 2 is 1.74 bits per heavy atom. The van der Waals surface area contributed by atoms with Gasteiger partial charge in [0.15, 0.2) is 0 Å². The van der Waals surface area contributed by atoms with Gasteiger partial charge in [0.25, 0.3) is 0 Å². The summed E-state index contributed by atoms with van der Waals surface area (Å²) in [7, 11) is 0. The standard InChI is InChI=1S/C21H18BrNO4/c22-18-14-10-15-17(21(25)27-19(15)18)16(14)20(24)23-11-6-8-13(9-7-11)26-12-4-2-1-3-5-12/h1-9,14-19H,10H2,(H,23,24)/t14-,15-,16-,17+,18+,19+/m1/s1. The molecule has 0 spiro atoms. The Kier molecular flexibility index (Phi) is 3.97. The molecular weight excluding hydrogens is 410 g/mol. The second-order valence-electron chi connectivity index (χ2n) is 7.39. The van der Waals surface area contributed by atoms with E-state index in [2.05, 4.69) is 21.2 Å². The first-order valence-electron chi connectivity index (χ1n) is 9.10. The fourth-order valence-electron chi connectivity index (χ4n) is 4.79. The Balaban J connectivity index is 1.28. The quantitative estimate of drug-likeness (QED) is 0.591. The number of ether oxygens (including phenoxy) is 2. The van der Waals surface area contributed by atoms with Crippen LogP contribution in [0.3, 0.4) is 0 Å². The maximum absolute atomic E-state index is 12.9. The molecule has 1 N–H and O–H groups in total. The summed E-state index contributed by atoms with van der Waals surface area (Å²) in [5.74, 6) is 0.824. The number of alkyl halides is 1. The van der Waals surface area contributed by atoms with Gasteiger partial charge in [-0.1, -0.05) is 34.1 Å². The smallest absolute Gasteiger partial charge is 0.310 e. The first kappa shape index (κ1) is 16.8. The van der Waals surface area contributed by atoms with E-state index in [1.54, 1.807) is 0 Å². The van der Waals surface area contributed by atoms with Crippen LogP contribution in [0.25, 0.3) is 0 Å². The van der Waals surface area contributed by atoms with Gasteiger partial charge in [0.2, 0.25) is 5.91 Å². The number of halogens is 1. The van der Waals surface area contributed by atoms with Crippen LogP contribution < -0.4 is 10.1 Å². The number of hydrogen-bond acceptors (Lipinski definition) is 4. The van der Waals surface area contributed by atoms with Gasteiger partial charge in [0.1, 0.15) is 17.6 Å². The summed E-state index contributed by atoms with van der Waals surface area (Å²) in [6, 6.07) is 16.8. The Morgan fingerprint density at radius 1 is 1.04 bits per heavy atom. The molecule has 6 atom stereocenters. The van der Waals surface area contributed by atoms with Crippen LogP contribution in [0.15, 0.2) is 54.6 Å². The highest BCUT2D eigenvalue weighted by molar-refractivity contribution is 9.09. The summed E-state index contributed by atoms with van der Waals surface area (Å²) < 4.78 is 11.2. The number of rotatable bonds is 4. The van der Waals surface area contributed by atoms with E-state index in [1.165, 1.54) is 0 Å². The minimum atomic E-state index is -0.328. The highest BCUT2D eigenvalue weighted by Gasteiger charge is 2.67. The first-order chi connectivity index (χ1) is 13.1. The molecule has 2 saturated carbocycles. The molecule has 3 aliphatic rings. The Morgan fingerprint density at radius 3 is 2.48 bits per heavy atom. The Labute approximate surface area is 165 Å². The monoisotopic (exact) mass is 427 g/mol. The Hall–Kier alpha value is -2.34. The predicted octanol–water partition coefficient (Wildman–Crippen LogP) is 3.99. The van der Waals surface area contributed by atoms with Gasteiger partial charge in [0.05, 0.1) is 16.7 Å². The van der Waals surface area contributed by atoms with Gasteiger partial charge < -0.3 is 14.8 Å². The molecule has 0 radical (unpaired) electrons. The molecule has 0 unspecified atom stereocenters. The molecule has 3 fully saturated rings. The normalized spacial score (nSPS) is 33.0. The molecule has 6 heteroatoms. The number of carbonyl (C=O) groups excluding carboxylic acids is 2. The summed E-state index contributed by atoms with van der Waals surface area (Å²) in [6.45, 7) is 0. The number of hydrogen-bond donors (Lipinski definition) is 1. The van der Waals surface area contributed by atoms with Crippen molar-refractivity contribution in [2.75, 3.05) is 5.32 Å². The van der Waals surface area contributed by atoms with Gasteiger partial charge in [0, 0.05) is 11.6 Å². The van der Waals surface area contributed by atoms with Gasteiger partial charge >= 0.3 is 5.97 Å². The lowest BCUT2D eigenvalue weighted by molar-refractivity contribution is -0.145. The average Bonchev–Trinajstić information content (AvgIpc) is 3.28. The maximum Gasteiger partial charge on any atom is 0.310 e. The third-order valence-corrected chi connectivity index (χ3v) is 7.13. The summed E-state index contributed by atoms with van der Waals surface area (Å²) in [4.78, 5) is 25.1. The molecule has 138 valence electrons. The molecule has 2 bridgehead atoms. The topological polar surface area (TPSA) is 64.6 Å². The summed E-state index contributed by atoms with van der Waals surface area (Å²) in [5.41, 5.74) is 0.692. The molecule has 2 aliphatic carbocycles. The molecule has 1 amide bonds. The van der Waals surface area contributed by atoms with Crippen LogP contribution in [0.2, 0.25) is 0 Å². The van der Waals surface area contributed by atoms with Crippen molar-refractivity contribution in [3.8, 4) is 11.5 Å². The second-order valence-corrected chi connectivity index (χ2v) is 8.45. The van der Waals surface area contributed by atoms with Crippen LogP contribution in [0.5, 0.6) is 11.5 Å². The molecule has 5 rings (SSSR count). The van der Waals surface area contributed by atoms with Crippen molar-refractivity contribution in [2.24, 2.45) is 23.7 Å². The molecule has 0 aromatic heterocycles. The first-order valence-corrected chi connectivity index (χ1v) is 10.0. The third kappa shape index (κ3) is 2.74. The third-order valence-electron chi connectivity index (χ3n) is 5.93. The second kappa shape index (κ2) is 6.37. The van der Waals surface area contributed by atoms with Crippen molar-refractivity contribution >= 4 is 33.5 Å². The minimum Gasteiger partial charge on any atom is -0.461 e. The average molecular weight is 428 g/mol. The Bertz CT molecular complexity index is 885. The predicted molar refractivity (Wildman–Crippen MR) is 103 cm³/mol. The lowest BCUT2D eigenvalue weighted by Gasteiger charge is -2.27. The number of fused-ring (bicyclic) bond motifs is 1. The number of para-hydroxylation sites is 1. The van der Waals surface area contributed by atoms with E-state index in [0.717, 1.165) is 12.2 Å². The van der Waals surface area contributed by atoms with E-state index >= 15 is 0 Å². The molecule has 2 aromatic rings. The highest BCUT2D eigenvalue weighted by atomic mass is 79.9. The maximum atomic E-state index is 12.9. The minimum absolute atomic E-state index is 0.0639. The highest BCUT2D eigenvalue weighted by Crippen LogP contribution is 2.60. The molecule has 1 aliphatic heterocycles. The molecule has 1 saturated heterocycles. The van der Waals surface area contributed by atoms with Gasteiger partial charge in [-0.05, 0) is 48.7 Å². The number of esters is 1. The van der Waals surface area contributed by atoms with Gasteiger partial charge in [-0.3, -0.25) is 9.59 Å². The fraction of sp³-hybridized carbons (Fsp3) is 0.333. The zero-order valence-electron chi connectivity index (χ0n) is 14.4. The fourth-order valence-corrected chi connectivity index (χ4v) is 5.83. The lowest BCUT2D eigenvalue weighted by Crippen LogP contribution is -2.40. The number of anilines is 1. The van der Waals surface area contributed by atoms with Crippen molar-refractivity contribution in [2.45, 2.75) is 17.4 Å². The number of amides is 1. The van der Waals surface area contributed by atoms with Crippen LogP contribution in [-0.2, 0) is 14.3 Å². The zero-order chi connectivity index (χ0) is 18.5. The van der Waals surface area contributed by atoms with Gasteiger partial charge in [-0.2, -0.15) is 0 Å². The van der Waals surface area contributed by atoms with Crippen LogP contribution in [0.4, 0.5) is 5.69 Å². The van der Waals surface area contributed by atoms with E-state index in [0.29, 0.717) is 11.4 Å². The van der Waals surface area contributed by atoms with E-state index in [-0.39, 0.29) is 46.5 Å². The van der Waals surface area contributed by atoms with E-state index in [4.69, 9.17) is 9.47 Å². The largest absolute Gasteiger partial charge is 0.461 e. The van der Waals surface area contributed by atoms with E-state index in [1.807, 2.05) is 54.6 Å². The lowest BCUT2D eigenvalue weighted by atomic mass is 9.79. The van der Waals surface area contributed by atoms with Crippen molar-refractivity contribution in [1.29, 1.82) is 0 Å². The van der Waals surface area contributed by atoms with Gasteiger partial charge in [-0.15, -0.1) is 0 Å². The van der Waals surface area contributed by atoms with E-state index in [9.17, 15) is 9.59 Å². The molecule has 1 heterocycles. The number of carbonyl (C=O) groups is 2. The molecule has 5 nitrogen and oxygen atoms in total. The summed E-state index contributed by atoms with van der Waals surface area (Å²) in [5, 5.41) is 2.96. The van der Waals surface area contributed by atoms with Crippen LogP contribution in [0, 0.1) is 23.7 Å². The van der Waals surface area contributed by atoms with E-state index < -0.39 is 0 Å². The van der Waals surface area contributed by atoms with Crippen molar-refractivity contribution in [3.63, 3.8) is 0 Å². The van der Waals surface area contributed by atoms with Crippen LogP contribution >= 0.6 is 15.9 Å². The van der Waals surface area contributed by atoms with Gasteiger partial charge in [-0.25, -0.2) is 0 Å².